The van der Waals surface area contributed by atoms with Crippen LogP contribution in [-0.4, -0.2) is 33.5 Å². The van der Waals surface area contributed by atoms with Gasteiger partial charge in [-0.3, -0.25) is 10.5 Å². The molecule has 2 rings (SSSR count). The maximum absolute atomic E-state index is 12.1. The number of fused-ring (bicyclic) bond motifs is 1. The van der Waals surface area contributed by atoms with E-state index in [1.54, 1.807) is 20.0 Å². The van der Waals surface area contributed by atoms with E-state index in [0.29, 0.717) is 34.6 Å². The van der Waals surface area contributed by atoms with Crippen LogP contribution < -0.4 is 5.43 Å². The molecule has 2 N–H and O–H groups in total. The van der Waals surface area contributed by atoms with Gasteiger partial charge in [0.15, 0.2) is 5.65 Å². The van der Waals surface area contributed by atoms with Crippen LogP contribution in [0.1, 0.15) is 36.8 Å². The Balaban J connectivity index is 2.63. The van der Waals surface area contributed by atoms with E-state index in [-0.39, 0.29) is 0 Å². The van der Waals surface area contributed by atoms with Gasteiger partial charge in [0.1, 0.15) is 5.56 Å². The van der Waals surface area contributed by atoms with Crippen LogP contribution in [0.3, 0.4) is 0 Å². The first-order valence-corrected chi connectivity index (χ1v) is 6.32. The Morgan fingerprint density at radius 2 is 2.25 bits per heavy atom. The van der Waals surface area contributed by atoms with Crippen LogP contribution >= 0.6 is 0 Å². The van der Waals surface area contributed by atoms with Crippen LogP contribution in [0.25, 0.3) is 11.0 Å². The summed E-state index contributed by atoms with van der Waals surface area (Å²) in [6, 6.07) is 0. The van der Waals surface area contributed by atoms with Gasteiger partial charge in [-0.05, 0) is 27.7 Å². The highest BCUT2D eigenvalue weighted by molar-refractivity contribution is 6.05. The van der Waals surface area contributed by atoms with Crippen molar-refractivity contribution in [3.63, 3.8) is 0 Å². The normalized spacial score (nSPS) is 10.4. The molecule has 0 unspecified atom stereocenters. The van der Waals surface area contributed by atoms with Gasteiger partial charge < -0.3 is 4.74 Å². The van der Waals surface area contributed by atoms with Gasteiger partial charge in [-0.1, -0.05) is 0 Å². The van der Waals surface area contributed by atoms with Gasteiger partial charge in [0.2, 0.25) is 0 Å². The molecule has 7 heteroatoms. The fourth-order valence-electron chi connectivity index (χ4n) is 1.82. The van der Waals surface area contributed by atoms with Gasteiger partial charge in [0, 0.05) is 5.71 Å². The molecule has 7 nitrogen and oxygen atoms in total. The Morgan fingerprint density at radius 1 is 1.50 bits per heavy atom. The third-order valence-electron chi connectivity index (χ3n) is 2.65. The van der Waals surface area contributed by atoms with Crippen molar-refractivity contribution in [1.29, 1.82) is 0 Å². The van der Waals surface area contributed by atoms with Crippen LogP contribution in [0.4, 0.5) is 5.69 Å². The molecule has 0 radical (unpaired) electrons. The molecule has 2 aromatic rings. The number of aromatic amines is 1. The zero-order valence-electron chi connectivity index (χ0n) is 11.9. The minimum Gasteiger partial charge on any atom is -0.462 e. The topological polar surface area (TPSA) is 92.3 Å². The van der Waals surface area contributed by atoms with Gasteiger partial charge in [0.05, 0.1) is 29.6 Å². The van der Waals surface area contributed by atoms with Gasteiger partial charge in [-0.25, -0.2) is 9.78 Å². The molecule has 0 aliphatic rings. The van der Waals surface area contributed by atoms with E-state index in [0.717, 1.165) is 5.71 Å². The fraction of sp³-hybridized carbons (Fsp3) is 0.385. The molecule has 0 amide bonds. The highest BCUT2D eigenvalue weighted by atomic mass is 16.5. The first kappa shape index (κ1) is 14.0. The molecule has 20 heavy (non-hydrogen) atoms. The number of H-pyrrole nitrogens is 1. The van der Waals surface area contributed by atoms with E-state index in [1.165, 1.54) is 0 Å². The average molecular weight is 275 g/mol. The van der Waals surface area contributed by atoms with Crippen molar-refractivity contribution in [3.8, 4) is 0 Å². The van der Waals surface area contributed by atoms with E-state index >= 15 is 0 Å². The molecule has 0 aromatic carbocycles. The summed E-state index contributed by atoms with van der Waals surface area (Å²) >= 11 is 0. The lowest BCUT2D eigenvalue weighted by Crippen LogP contribution is -2.12. The second kappa shape index (κ2) is 5.68. The summed E-state index contributed by atoms with van der Waals surface area (Å²) in [7, 11) is 0. The molecule has 0 bridgehead atoms. The lowest BCUT2D eigenvalue weighted by atomic mass is 10.1. The van der Waals surface area contributed by atoms with Crippen molar-refractivity contribution in [3.05, 3.63) is 17.5 Å². The fourth-order valence-corrected chi connectivity index (χ4v) is 1.82. The number of hydrogen-bond acceptors (Lipinski definition) is 6. The molecular weight excluding hydrogens is 258 g/mol. The third-order valence-corrected chi connectivity index (χ3v) is 2.65. The lowest BCUT2D eigenvalue weighted by Gasteiger charge is -2.11. The maximum atomic E-state index is 12.1. The van der Waals surface area contributed by atoms with Crippen molar-refractivity contribution in [2.24, 2.45) is 5.10 Å². The van der Waals surface area contributed by atoms with E-state index < -0.39 is 5.97 Å². The number of rotatable bonds is 4. The van der Waals surface area contributed by atoms with Crippen LogP contribution in [0.5, 0.6) is 0 Å². The number of ether oxygens (including phenoxy) is 1. The predicted molar refractivity (Wildman–Crippen MR) is 77.0 cm³/mol. The number of carbonyl (C=O) groups is 1. The number of hydrazone groups is 1. The summed E-state index contributed by atoms with van der Waals surface area (Å²) in [6.07, 6.45) is 1.60. The highest BCUT2D eigenvalue weighted by Crippen LogP contribution is 2.28. The standard InChI is InChI=1S/C13H17N5O2/c1-5-20-13(19)10-8(4)15-12-9(6-14-18-12)11(10)17-16-7(2)3/h6H,5H2,1-4H3,(H2,14,15,17,18). The second-order valence-corrected chi connectivity index (χ2v) is 4.47. The van der Waals surface area contributed by atoms with E-state index in [2.05, 4.69) is 25.7 Å². The maximum Gasteiger partial charge on any atom is 0.342 e. The third kappa shape index (κ3) is 2.61. The first-order valence-electron chi connectivity index (χ1n) is 6.32. The second-order valence-electron chi connectivity index (χ2n) is 4.47. The SMILES string of the molecule is CCOC(=O)c1c(C)nc2[nH]ncc2c1NN=C(C)C. The molecule has 0 aliphatic carbocycles. The zero-order chi connectivity index (χ0) is 14.7. The largest absolute Gasteiger partial charge is 0.462 e. The quantitative estimate of drug-likeness (QED) is 0.507. The number of carbonyl (C=O) groups excluding carboxylic acids is 1. The summed E-state index contributed by atoms with van der Waals surface area (Å²) in [5, 5.41) is 11.6. The Labute approximate surface area is 116 Å². The number of aryl methyl sites for hydroxylation is 1. The predicted octanol–water partition coefficient (Wildman–Crippen LogP) is 2.25. The van der Waals surface area contributed by atoms with Gasteiger partial charge in [-0.2, -0.15) is 10.2 Å². The monoisotopic (exact) mass is 275 g/mol. The molecule has 0 fully saturated rings. The smallest absolute Gasteiger partial charge is 0.342 e. The molecule has 0 aliphatic heterocycles. The number of pyridine rings is 1. The molecule has 2 aromatic heterocycles. The van der Waals surface area contributed by atoms with Crippen molar-refractivity contribution in [2.45, 2.75) is 27.7 Å². The number of esters is 1. The average Bonchev–Trinajstić information content (AvgIpc) is 2.83. The molecular formula is C13H17N5O2. The van der Waals surface area contributed by atoms with Crippen LogP contribution in [-0.2, 0) is 4.74 Å². The van der Waals surface area contributed by atoms with Crippen molar-refractivity contribution < 1.29 is 9.53 Å². The van der Waals surface area contributed by atoms with Gasteiger partial charge in [0.25, 0.3) is 0 Å². The molecule has 106 valence electrons. The number of aromatic nitrogens is 3. The molecule has 0 saturated heterocycles. The molecule has 0 spiro atoms. The summed E-state index contributed by atoms with van der Waals surface area (Å²) in [5.74, 6) is -0.424. The molecule has 0 atom stereocenters. The van der Waals surface area contributed by atoms with Crippen LogP contribution in [0.2, 0.25) is 0 Å². The minimum absolute atomic E-state index is 0.303. The molecule has 2 heterocycles. The van der Waals surface area contributed by atoms with Crippen molar-refractivity contribution in [2.75, 3.05) is 12.0 Å². The van der Waals surface area contributed by atoms with Gasteiger partial charge in [-0.15, -0.1) is 0 Å². The Morgan fingerprint density at radius 3 is 2.90 bits per heavy atom. The summed E-state index contributed by atoms with van der Waals surface area (Å²) in [5.41, 5.74) is 5.85. The van der Waals surface area contributed by atoms with Crippen LogP contribution in [0.15, 0.2) is 11.3 Å². The number of anilines is 1. The molecule has 0 saturated carbocycles. The van der Waals surface area contributed by atoms with Crippen LogP contribution in [0, 0.1) is 6.92 Å². The minimum atomic E-state index is -0.424. The lowest BCUT2D eigenvalue weighted by molar-refractivity contribution is 0.0526. The number of hydrogen-bond donors (Lipinski definition) is 2. The number of nitrogens with one attached hydrogen (secondary N) is 2. The highest BCUT2D eigenvalue weighted by Gasteiger charge is 2.21. The van der Waals surface area contributed by atoms with E-state index in [4.69, 9.17) is 4.74 Å². The van der Waals surface area contributed by atoms with Crippen molar-refractivity contribution >= 4 is 28.4 Å². The van der Waals surface area contributed by atoms with Crippen molar-refractivity contribution in [1.82, 2.24) is 15.2 Å². The Kier molecular flexibility index (Phi) is 3.97. The Bertz CT molecular complexity index is 671. The van der Waals surface area contributed by atoms with E-state index in [9.17, 15) is 4.79 Å². The first-order chi connectivity index (χ1) is 9.54. The summed E-state index contributed by atoms with van der Waals surface area (Å²) < 4.78 is 5.08. The number of nitrogens with zero attached hydrogens (tertiary/aromatic N) is 3. The zero-order valence-corrected chi connectivity index (χ0v) is 11.9. The van der Waals surface area contributed by atoms with Gasteiger partial charge >= 0.3 is 5.97 Å². The Hall–Kier alpha value is -2.44. The van der Waals surface area contributed by atoms with E-state index in [1.807, 2.05) is 13.8 Å². The summed E-state index contributed by atoms with van der Waals surface area (Å²) in [4.78, 5) is 16.4. The summed E-state index contributed by atoms with van der Waals surface area (Å²) in [6.45, 7) is 7.53.